The molecule has 0 spiro atoms. The number of thiazole rings is 1. The van der Waals surface area contributed by atoms with Gasteiger partial charge in [-0.1, -0.05) is 11.3 Å². The van der Waals surface area contributed by atoms with Crippen LogP contribution in [0.1, 0.15) is 19.8 Å². The fraction of sp³-hybridized carbons (Fsp3) is 0.417. The molecular weight excluding hydrogens is 267 g/mol. The van der Waals surface area contributed by atoms with Gasteiger partial charge in [-0.2, -0.15) is 0 Å². The molecule has 5 nitrogen and oxygen atoms in total. The van der Waals surface area contributed by atoms with E-state index in [1.807, 2.05) is 6.92 Å². The monoisotopic (exact) mass is 280 g/mol. The molecular formula is C12H13FN4OS. The molecule has 2 heterocycles. The molecule has 0 atom stereocenters. The molecule has 0 aromatic carbocycles. The molecule has 0 bridgehead atoms. The van der Waals surface area contributed by atoms with Gasteiger partial charge in [0, 0.05) is 12.5 Å². The highest BCUT2D eigenvalue weighted by Gasteiger charge is 2.30. The molecule has 1 fully saturated rings. The Bertz CT molecular complexity index is 638. The van der Waals surface area contributed by atoms with Crippen LogP contribution >= 0.6 is 11.3 Å². The number of hydrogen-bond acceptors (Lipinski definition) is 5. The standard InChI is InChI=1S/C12H13FN4OS/c1-2-14-12-16-8-7(13)5-15-10(9(8)19-12)17-11(18)6-3-4-6/h5-6H,2-4H2,1H3,(H,14,16)(H,15,17,18). The Morgan fingerprint density at radius 3 is 3.05 bits per heavy atom. The Balaban J connectivity index is 1.98. The lowest BCUT2D eigenvalue weighted by molar-refractivity contribution is -0.117. The SMILES string of the molecule is CCNc1nc2c(F)cnc(NC(=O)C3CC3)c2s1. The van der Waals surface area contributed by atoms with Crippen molar-refractivity contribution < 1.29 is 9.18 Å². The van der Waals surface area contributed by atoms with E-state index in [0.29, 0.717) is 22.2 Å². The zero-order valence-corrected chi connectivity index (χ0v) is 11.2. The molecule has 1 amide bonds. The number of amides is 1. The first kappa shape index (κ1) is 12.3. The summed E-state index contributed by atoms with van der Waals surface area (Å²) in [6.45, 7) is 2.65. The molecule has 0 saturated heterocycles. The quantitative estimate of drug-likeness (QED) is 0.903. The summed E-state index contributed by atoms with van der Waals surface area (Å²) in [5.41, 5.74) is 0.252. The lowest BCUT2D eigenvalue weighted by atomic mass is 10.3. The summed E-state index contributed by atoms with van der Waals surface area (Å²) in [5.74, 6) is -0.0309. The third-order valence-corrected chi connectivity index (χ3v) is 3.91. The Morgan fingerprint density at radius 2 is 2.37 bits per heavy atom. The Morgan fingerprint density at radius 1 is 1.58 bits per heavy atom. The van der Waals surface area contributed by atoms with E-state index in [4.69, 9.17) is 0 Å². The summed E-state index contributed by atoms with van der Waals surface area (Å²) < 4.78 is 14.2. The maximum Gasteiger partial charge on any atom is 0.228 e. The van der Waals surface area contributed by atoms with Gasteiger partial charge in [-0.25, -0.2) is 14.4 Å². The van der Waals surface area contributed by atoms with E-state index in [-0.39, 0.29) is 17.3 Å². The first-order chi connectivity index (χ1) is 9.19. The number of rotatable bonds is 4. The zero-order chi connectivity index (χ0) is 13.4. The van der Waals surface area contributed by atoms with Crippen LogP contribution in [0.25, 0.3) is 10.2 Å². The van der Waals surface area contributed by atoms with Crippen LogP contribution in [0.15, 0.2) is 6.20 Å². The Labute approximate surface area is 113 Å². The molecule has 19 heavy (non-hydrogen) atoms. The number of pyridine rings is 1. The molecule has 2 aromatic heterocycles. The smallest absolute Gasteiger partial charge is 0.228 e. The van der Waals surface area contributed by atoms with Crippen LogP contribution in [-0.4, -0.2) is 22.4 Å². The number of anilines is 2. The van der Waals surface area contributed by atoms with Crippen molar-refractivity contribution in [2.45, 2.75) is 19.8 Å². The molecule has 0 aliphatic heterocycles. The molecule has 0 unspecified atom stereocenters. The van der Waals surface area contributed by atoms with Crippen LogP contribution in [0, 0.1) is 11.7 Å². The first-order valence-electron chi connectivity index (χ1n) is 6.18. The van der Waals surface area contributed by atoms with E-state index in [1.54, 1.807) is 0 Å². The number of nitrogens with zero attached hydrogens (tertiary/aromatic N) is 2. The third kappa shape index (κ3) is 2.37. The lowest BCUT2D eigenvalue weighted by Crippen LogP contribution is -2.14. The van der Waals surface area contributed by atoms with Crippen molar-refractivity contribution in [3.8, 4) is 0 Å². The fourth-order valence-corrected chi connectivity index (χ4v) is 2.75. The van der Waals surface area contributed by atoms with Gasteiger partial charge in [0.1, 0.15) is 10.2 Å². The molecule has 2 N–H and O–H groups in total. The van der Waals surface area contributed by atoms with Crippen LogP contribution < -0.4 is 10.6 Å². The summed E-state index contributed by atoms with van der Waals surface area (Å²) in [6, 6.07) is 0. The maximum atomic E-state index is 13.7. The summed E-state index contributed by atoms with van der Waals surface area (Å²) in [7, 11) is 0. The number of hydrogen-bond donors (Lipinski definition) is 2. The van der Waals surface area contributed by atoms with Crippen LogP contribution in [0.3, 0.4) is 0 Å². The van der Waals surface area contributed by atoms with Gasteiger partial charge in [0.15, 0.2) is 16.8 Å². The van der Waals surface area contributed by atoms with Gasteiger partial charge in [0.2, 0.25) is 5.91 Å². The fourth-order valence-electron chi connectivity index (χ4n) is 1.76. The van der Waals surface area contributed by atoms with Crippen molar-refractivity contribution in [2.24, 2.45) is 5.92 Å². The predicted octanol–water partition coefficient (Wildman–Crippen LogP) is 2.61. The van der Waals surface area contributed by atoms with Gasteiger partial charge in [-0.3, -0.25) is 4.79 Å². The molecule has 100 valence electrons. The topological polar surface area (TPSA) is 66.9 Å². The van der Waals surface area contributed by atoms with Gasteiger partial charge >= 0.3 is 0 Å². The molecule has 1 aliphatic rings. The number of nitrogens with one attached hydrogen (secondary N) is 2. The van der Waals surface area contributed by atoms with Gasteiger partial charge in [-0.15, -0.1) is 0 Å². The number of aromatic nitrogens is 2. The predicted molar refractivity (Wildman–Crippen MR) is 72.9 cm³/mol. The van der Waals surface area contributed by atoms with Gasteiger partial charge in [0.25, 0.3) is 0 Å². The Kier molecular flexibility index (Phi) is 3.06. The van der Waals surface area contributed by atoms with Crippen LogP contribution in [-0.2, 0) is 4.79 Å². The highest BCUT2D eigenvalue weighted by molar-refractivity contribution is 7.22. The van der Waals surface area contributed by atoms with E-state index >= 15 is 0 Å². The van der Waals surface area contributed by atoms with Crippen molar-refractivity contribution in [1.29, 1.82) is 0 Å². The first-order valence-corrected chi connectivity index (χ1v) is 7.00. The Hall–Kier alpha value is -1.76. The summed E-state index contributed by atoms with van der Waals surface area (Å²) in [4.78, 5) is 19.9. The second-order valence-electron chi connectivity index (χ2n) is 4.45. The minimum absolute atomic E-state index is 0.0428. The van der Waals surface area contributed by atoms with Crippen molar-refractivity contribution in [2.75, 3.05) is 17.2 Å². The minimum atomic E-state index is -0.472. The van der Waals surface area contributed by atoms with Crippen LogP contribution in [0.5, 0.6) is 0 Å². The number of fused-ring (bicyclic) bond motifs is 1. The molecule has 0 radical (unpaired) electrons. The maximum absolute atomic E-state index is 13.7. The van der Waals surface area contributed by atoms with E-state index in [2.05, 4.69) is 20.6 Å². The highest BCUT2D eigenvalue weighted by Crippen LogP contribution is 2.34. The van der Waals surface area contributed by atoms with E-state index in [9.17, 15) is 9.18 Å². The van der Waals surface area contributed by atoms with Crippen molar-refractivity contribution in [3.63, 3.8) is 0 Å². The van der Waals surface area contributed by atoms with Crippen molar-refractivity contribution in [3.05, 3.63) is 12.0 Å². The second-order valence-corrected chi connectivity index (χ2v) is 5.44. The number of carbonyl (C=O) groups is 1. The van der Waals surface area contributed by atoms with Crippen LogP contribution in [0.4, 0.5) is 15.3 Å². The summed E-state index contributed by atoms with van der Waals surface area (Å²) in [6.07, 6.45) is 2.93. The molecule has 2 aromatic rings. The summed E-state index contributed by atoms with van der Waals surface area (Å²) in [5, 5.41) is 6.43. The normalized spacial score (nSPS) is 14.6. The van der Waals surface area contributed by atoms with Gasteiger partial charge < -0.3 is 10.6 Å². The van der Waals surface area contributed by atoms with E-state index in [0.717, 1.165) is 19.0 Å². The third-order valence-electron chi connectivity index (χ3n) is 2.89. The van der Waals surface area contributed by atoms with Gasteiger partial charge in [-0.05, 0) is 19.8 Å². The molecule has 1 saturated carbocycles. The zero-order valence-electron chi connectivity index (χ0n) is 10.4. The van der Waals surface area contributed by atoms with Gasteiger partial charge in [0.05, 0.1) is 6.20 Å². The van der Waals surface area contributed by atoms with E-state index < -0.39 is 5.82 Å². The average molecular weight is 280 g/mol. The second kappa shape index (κ2) is 4.73. The number of halogens is 1. The van der Waals surface area contributed by atoms with Crippen molar-refractivity contribution >= 4 is 38.4 Å². The number of carbonyl (C=O) groups excluding carboxylic acids is 1. The van der Waals surface area contributed by atoms with E-state index in [1.165, 1.54) is 11.3 Å². The average Bonchev–Trinajstić information content (AvgIpc) is 3.14. The van der Waals surface area contributed by atoms with Crippen LogP contribution in [0.2, 0.25) is 0 Å². The highest BCUT2D eigenvalue weighted by atomic mass is 32.1. The van der Waals surface area contributed by atoms with Crippen molar-refractivity contribution in [1.82, 2.24) is 9.97 Å². The summed E-state index contributed by atoms with van der Waals surface area (Å²) >= 11 is 1.30. The molecule has 3 rings (SSSR count). The lowest BCUT2D eigenvalue weighted by Gasteiger charge is -2.03. The largest absolute Gasteiger partial charge is 0.362 e. The molecule has 1 aliphatic carbocycles. The minimum Gasteiger partial charge on any atom is -0.362 e. The molecule has 7 heteroatoms.